The number of para-hydroxylation sites is 1. The molecular weight excluding hydrogens is 250 g/mol. The van der Waals surface area contributed by atoms with Crippen molar-refractivity contribution in [2.75, 3.05) is 19.6 Å². The normalized spacial score (nSPS) is 11.8. The number of rotatable bonds is 5. The number of aromatic nitrogens is 1. The van der Waals surface area contributed by atoms with Crippen LogP contribution in [-0.2, 0) is 0 Å². The molecule has 4 nitrogen and oxygen atoms in total. The zero-order valence-electron chi connectivity index (χ0n) is 12.4. The lowest BCUT2D eigenvalue weighted by molar-refractivity contribution is 0.0702. The minimum atomic E-state index is -0.0741. The molecule has 1 aromatic carbocycles. The minimum Gasteiger partial charge on any atom is -0.361 e. The number of aromatic amines is 1. The van der Waals surface area contributed by atoms with Crippen molar-refractivity contribution in [2.24, 2.45) is 11.1 Å². The summed E-state index contributed by atoms with van der Waals surface area (Å²) in [6, 6.07) is 7.78. The number of H-pyrrole nitrogens is 1. The molecule has 0 spiro atoms. The number of carbonyl (C=O) groups is 1. The highest BCUT2D eigenvalue weighted by atomic mass is 16.2. The van der Waals surface area contributed by atoms with E-state index >= 15 is 0 Å². The Labute approximate surface area is 120 Å². The fraction of sp³-hybridized carbons (Fsp3) is 0.438. The van der Waals surface area contributed by atoms with Crippen molar-refractivity contribution in [3.63, 3.8) is 0 Å². The highest BCUT2D eigenvalue weighted by Gasteiger charge is 2.24. The van der Waals surface area contributed by atoms with Gasteiger partial charge in [0.2, 0.25) is 0 Å². The quantitative estimate of drug-likeness (QED) is 0.879. The molecule has 0 unspecified atom stereocenters. The van der Waals surface area contributed by atoms with Crippen LogP contribution in [0.4, 0.5) is 0 Å². The lowest BCUT2D eigenvalue weighted by Gasteiger charge is -2.31. The van der Waals surface area contributed by atoms with Gasteiger partial charge >= 0.3 is 0 Å². The molecule has 0 aliphatic rings. The Morgan fingerprint density at radius 1 is 1.35 bits per heavy atom. The number of hydrogen-bond donors (Lipinski definition) is 2. The van der Waals surface area contributed by atoms with E-state index in [9.17, 15) is 4.79 Å². The van der Waals surface area contributed by atoms with Gasteiger partial charge < -0.3 is 15.6 Å². The molecule has 0 radical (unpaired) electrons. The van der Waals surface area contributed by atoms with Crippen LogP contribution in [0.2, 0.25) is 0 Å². The first-order valence-electron chi connectivity index (χ1n) is 7.04. The molecule has 1 amide bonds. The summed E-state index contributed by atoms with van der Waals surface area (Å²) in [5.74, 6) is 0.0575. The van der Waals surface area contributed by atoms with Gasteiger partial charge in [0.25, 0.3) is 5.91 Å². The summed E-state index contributed by atoms with van der Waals surface area (Å²) in [4.78, 5) is 17.8. The van der Waals surface area contributed by atoms with Gasteiger partial charge in [-0.05, 0) is 31.0 Å². The second-order valence-corrected chi connectivity index (χ2v) is 5.94. The maximum absolute atomic E-state index is 12.7. The van der Waals surface area contributed by atoms with Crippen LogP contribution >= 0.6 is 0 Å². The predicted molar refractivity (Wildman–Crippen MR) is 82.7 cm³/mol. The molecule has 3 N–H and O–H groups in total. The zero-order valence-corrected chi connectivity index (χ0v) is 12.4. The Morgan fingerprint density at radius 2 is 2.10 bits per heavy atom. The summed E-state index contributed by atoms with van der Waals surface area (Å²) >= 11 is 0. The highest BCUT2D eigenvalue weighted by molar-refractivity contribution is 6.05. The molecule has 0 aliphatic heterocycles. The molecule has 1 aromatic heterocycles. The van der Waals surface area contributed by atoms with Crippen LogP contribution in [0, 0.1) is 5.41 Å². The minimum absolute atomic E-state index is 0.0575. The van der Waals surface area contributed by atoms with Crippen molar-refractivity contribution >= 4 is 16.8 Å². The highest BCUT2D eigenvalue weighted by Crippen LogP contribution is 2.21. The maximum Gasteiger partial charge on any atom is 0.255 e. The van der Waals surface area contributed by atoms with Crippen molar-refractivity contribution in [2.45, 2.75) is 20.8 Å². The summed E-state index contributed by atoms with van der Waals surface area (Å²) in [6.45, 7) is 8.06. The van der Waals surface area contributed by atoms with Crippen LogP contribution in [0.3, 0.4) is 0 Å². The number of nitrogens with zero attached hydrogens (tertiary/aromatic N) is 1. The topological polar surface area (TPSA) is 62.1 Å². The first-order chi connectivity index (χ1) is 9.48. The maximum atomic E-state index is 12.7. The molecule has 2 aromatic rings. The van der Waals surface area contributed by atoms with E-state index in [4.69, 9.17) is 5.73 Å². The number of fused-ring (bicyclic) bond motifs is 1. The average molecular weight is 273 g/mol. The van der Waals surface area contributed by atoms with Crippen LogP contribution in [-0.4, -0.2) is 35.4 Å². The lowest BCUT2D eigenvalue weighted by Crippen LogP contribution is -2.42. The molecule has 0 aliphatic carbocycles. The largest absolute Gasteiger partial charge is 0.361 e. The van der Waals surface area contributed by atoms with Crippen LogP contribution in [0.15, 0.2) is 30.5 Å². The smallest absolute Gasteiger partial charge is 0.255 e. The first-order valence-corrected chi connectivity index (χ1v) is 7.04. The number of hydrogen-bond acceptors (Lipinski definition) is 2. The molecule has 2 rings (SSSR count). The number of amides is 1. The van der Waals surface area contributed by atoms with E-state index in [2.05, 4.69) is 18.8 Å². The third-order valence-corrected chi connectivity index (χ3v) is 3.66. The van der Waals surface area contributed by atoms with Gasteiger partial charge in [-0.3, -0.25) is 4.79 Å². The Balaban J connectivity index is 2.31. The number of nitrogens with two attached hydrogens (primary N) is 1. The number of carbonyl (C=O) groups excluding carboxylic acids is 1. The second kappa shape index (κ2) is 5.67. The van der Waals surface area contributed by atoms with E-state index in [-0.39, 0.29) is 11.3 Å². The molecule has 4 heteroatoms. The van der Waals surface area contributed by atoms with Crippen LogP contribution in [0.5, 0.6) is 0 Å². The Kier molecular flexibility index (Phi) is 4.14. The third-order valence-electron chi connectivity index (χ3n) is 3.66. The van der Waals surface area contributed by atoms with E-state index < -0.39 is 0 Å². The third kappa shape index (κ3) is 2.85. The Bertz CT molecular complexity index is 601. The van der Waals surface area contributed by atoms with Gasteiger partial charge in [-0.2, -0.15) is 0 Å². The second-order valence-electron chi connectivity index (χ2n) is 5.94. The summed E-state index contributed by atoms with van der Waals surface area (Å²) < 4.78 is 0. The van der Waals surface area contributed by atoms with Crippen molar-refractivity contribution < 1.29 is 4.79 Å². The van der Waals surface area contributed by atoms with E-state index in [1.54, 1.807) is 0 Å². The van der Waals surface area contributed by atoms with E-state index in [0.29, 0.717) is 19.6 Å². The van der Waals surface area contributed by atoms with Gasteiger partial charge in [-0.15, -0.1) is 0 Å². The zero-order chi connectivity index (χ0) is 14.8. The van der Waals surface area contributed by atoms with Crippen molar-refractivity contribution in [1.82, 2.24) is 9.88 Å². The molecule has 1 heterocycles. The van der Waals surface area contributed by atoms with E-state index in [1.165, 1.54) is 0 Å². The predicted octanol–water partition coefficient (Wildman–Crippen LogP) is 2.61. The molecule has 0 saturated heterocycles. The standard InChI is InChI=1S/C16H23N3O/c1-4-19(11-16(2,3)10-17)15(20)13-7-5-6-12-8-9-18-14(12)13/h5-9,18H,4,10-11,17H2,1-3H3. The van der Waals surface area contributed by atoms with E-state index in [0.717, 1.165) is 16.5 Å². The summed E-state index contributed by atoms with van der Waals surface area (Å²) in [5.41, 5.74) is 7.33. The molecule has 0 bridgehead atoms. The fourth-order valence-corrected chi connectivity index (χ4v) is 2.34. The molecule has 20 heavy (non-hydrogen) atoms. The van der Waals surface area contributed by atoms with Crippen LogP contribution in [0.1, 0.15) is 31.1 Å². The molecular formula is C16H23N3O. The molecule has 0 fully saturated rings. The first kappa shape index (κ1) is 14.6. The van der Waals surface area contributed by atoms with Gasteiger partial charge in [0, 0.05) is 24.7 Å². The van der Waals surface area contributed by atoms with Gasteiger partial charge in [0.05, 0.1) is 11.1 Å². The Hall–Kier alpha value is -1.81. The van der Waals surface area contributed by atoms with Gasteiger partial charge in [0.1, 0.15) is 0 Å². The monoisotopic (exact) mass is 273 g/mol. The average Bonchev–Trinajstić information content (AvgIpc) is 2.92. The van der Waals surface area contributed by atoms with Gasteiger partial charge in [0.15, 0.2) is 0 Å². The van der Waals surface area contributed by atoms with Crippen molar-refractivity contribution in [3.05, 3.63) is 36.0 Å². The van der Waals surface area contributed by atoms with Crippen LogP contribution in [0.25, 0.3) is 10.9 Å². The van der Waals surface area contributed by atoms with Gasteiger partial charge in [-0.1, -0.05) is 26.0 Å². The Morgan fingerprint density at radius 3 is 2.75 bits per heavy atom. The molecule has 0 saturated carbocycles. The van der Waals surface area contributed by atoms with Crippen molar-refractivity contribution in [3.8, 4) is 0 Å². The summed E-state index contributed by atoms with van der Waals surface area (Å²) in [6.07, 6.45) is 1.86. The lowest BCUT2D eigenvalue weighted by atomic mass is 9.92. The number of nitrogens with one attached hydrogen (secondary N) is 1. The van der Waals surface area contributed by atoms with Gasteiger partial charge in [-0.25, -0.2) is 0 Å². The summed E-state index contributed by atoms with van der Waals surface area (Å²) in [5, 5.41) is 1.06. The van der Waals surface area contributed by atoms with Crippen LogP contribution < -0.4 is 5.73 Å². The van der Waals surface area contributed by atoms with E-state index in [1.807, 2.05) is 42.3 Å². The SMILES string of the molecule is CCN(CC(C)(C)CN)C(=O)c1cccc2cc[nH]c12. The summed E-state index contributed by atoms with van der Waals surface area (Å²) in [7, 11) is 0. The fourth-order valence-electron chi connectivity index (χ4n) is 2.34. The molecule has 0 atom stereocenters. The molecule has 108 valence electrons. The van der Waals surface area contributed by atoms with Crippen molar-refractivity contribution in [1.29, 1.82) is 0 Å². The number of benzene rings is 1.